The Bertz CT molecular complexity index is 373. The van der Waals surface area contributed by atoms with Gasteiger partial charge in [0.1, 0.15) is 0 Å². The van der Waals surface area contributed by atoms with Crippen molar-refractivity contribution in [2.75, 3.05) is 7.11 Å². The van der Waals surface area contributed by atoms with Gasteiger partial charge in [-0.2, -0.15) is 8.78 Å². The van der Waals surface area contributed by atoms with Gasteiger partial charge in [-0.3, -0.25) is 0 Å². The average Bonchev–Trinajstić information content (AvgIpc) is 2.19. The number of halogens is 3. The summed E-state index contributed by atoms with van der Waals surface area (Å²) >= 11 is 3.03. The molecule has 0 N–H and O–H groups in total. The minimum Gasteiger partial charge on any atom is -0.465 e. The largest absolute Gasteiger partial charge is 0.465 e. The number of alkyl halides is 2. The summed E-state index contributed by atoms with van der Waals surface area (Å²) in [4.78, 5) is 14.7. The van der Waals surface area contributed by atoms with Crippen molar-refractivity contribution in [3.05, 3.63) is 22.3 Å². The molecule has 0 fully saturated rings. The van der Waals surface area contributed by atoms with Crippen LogP contribution in [0.3, 0.4) is 0 Å². The maximum Gasteiger partial charge on any atom is 0.388 e. The molecule has 0 bridgehead atoms. The smallest absolute Gasteiger partial charge is 0.388 e. The lowest BCUT2D eigenvalue weighted by Crippen LogP contribution is -2.07. The molecule has 0 aliphatic rings. The standard InChI is InChI=1S/C8H6BrF2NO3/c1-14-7(13)4-2-6(15-8(10)11)12-3-5(4)9/h2-3,8H,1H3. The van der Waals surface area contributed by atoms with Crippen molar-refractivity contribution < 1.29 is 23.0 Å². The van der Waals surface area contributed by atoms with E-state index in [1.54, 1.807) is 0 Å². The van der Waals surface area contributed by atoms with Crippen LogP contribution in [0.5, 0.6) is 5.88 Å². The van der Waals surface area contributed by atoms with Gasteiger partial charge in [-0.25, -0.2) is 9.78 Å². The highest BCUT2D eigenvalue weighted by Crippen LogP contribution is 2.21. The molecule has 0 aliphatic carbocycles. The second-order valence-electron chi connectivity index (χ2n) is 2.37. The van der Waals surface area contributed by atoms with Crippen LogP contribution in [-0.2, 0) is 4.74 Å². The predicted octanol–water partition coefficient (Wildman–Crippen LogP) is 2.23. The number of carbonyl (C=O) groups is 1. The summed E-state index contributed by atoms with van der Waals surface area (Å²) in [7, 11) is 1.18. The third-order valence-electron chi connectivity index (χ3n) is 1.45. The lowest BCUT2D eigenvalue weighted by molar-refractivity contribution is -0.0529. The molecule has 1 heterocycles. The Labute approximate surface area is 92.3 Å². The first-order valence-electron chi connectivity index (χ1n) is 3.73. The molecule has 0 aliphatic heterocycles. The van der Waals surface area contributed by atoms with E-state index in [1.807, 2.05) is 0 Å². The molecule has 0 saturated heterocycles. The van der Waals surface area contributed by atoms with E-state index in [0.717, 1.165) is 6.07 Å². The maximum atomic E-state index is 11.8. The Balaban J connectivity index is 3.00. The molecule has 4 nitrogen and oxygen atoms in total. The van der Waals surface area contributed by atoms with E-state index in [4.69, 9.17) is 0 Å². The summed E-state index contributed by atoms with van der Waals surface area (Å²) in [6.45, 7) is -2.98. The van der Waals surface area contributed by atoms with E-state index < -0.39 is 12.6 Å². The third-order valence-corrected chi connectivity index (χ3v) is 2.08. The number of ether oxygens (including phenoxy) is 2. The number of carbonyl (C=O) groups excluding carboxylic acids is 1. The summed E-state index contributed by atoms with van der Waals surface area (Å²) in [6, 6.07) is 1.07. The molecule has 0 spiro atoms. The first-order valence-corrected chi connectivity index (χ1v) is 4.52. The molecule has 1 aromatic rings. The highest BCUT2D eigenvalue weighted by molar-refractivity contribution is 9.10. The van der Waals surface area contributed by atoms with E-state index >= 15 is 0 Å². The van der Waals surface area contributed by atoms with Crippen LogP contribution >= 0.6 is 15.9 Å². The summed E-state index contributed by atoms with van der Waals surface area (Å²) in [5.41, 5.74) is 0.0724. The molecule has 0 unspecified atom stereocenters. The van der Waals surface area contributed by atoms with Crippen LogP contribution in [0.2, 0.25) is 0 Å². The number of rotatable bonds is 3. The molecule has 1 rings (SSSR count). The van der Waals surface area contributed by atoms with Crippen molar-refractivity contribution in [3.63, 3.8) is 0 Å². The fourth-order valence-electron chi connectivity index (χ4n) is 0.842. The van der Waals surface area contributed by atoms with Crippen molar-refractivity contribution in [3.8, 4) is 5.88 Å². The van der Waals surface area contributed by atoms with E-state index in [-0.39, 0.29) is 11.4 Å². The summed E-state index contributed by atoms with van der Waals surface area (Å²) < 4.78 is 32.5. The molecule has 0 radical (unpaired) electrons. The molecule has 82 valence electrons. The normalized spacial score (nSPS) is 10.2. The number of aromatic nitrogens is 1. The number of hydrogen-bond donors (Lipinski definition) is 0. The summed E-state index contributed by atoms with van der Waals surface area (Å²) in [5.74, 6) is -1.00. The second-order valence-corrected chi connectivity index (χ2v) is 3.23. The third kappa shape index (κ3) is 3.12. The molecule has 1 aromatic heterocycles. The van der Waals surface area contributed by atoms with Gasteiger partial charge in [-0.05, 0) is 15.9 Å². The Morgan fingerprint density at radius 3 is 2.80 bits per heavy atom. The number of pyridine rings is 1. The number of nitrogens with zero attached hydrogens (tertiary/aromatic N) is 1. The van der Waals surface area contributed by atoms with Gasteiger partial charge in [0, 0.05) is 12.3 Å². The Kier molecular flexibility index (Phi) is 3.96. The van der Waals surface area contributed by atoms with Crippen molar-refractivity contribution >= 4 is 21.9 Å². The molecule has 0 atom stereocenters. The van der Waals surface area contributed by atoms with Crippen LogP contribution < -0.4 is 4.74 Å². The van der Waals surface area contributed by atoms with Crippen LogP contribution in [0.4, 0.5) is 8.78 Å². The van der Waals surface area contributed by atoms with Gasteiger partial charge in [0.2, 0.25) is 5.88 Å². The summed E-state index contributed by atoms with van der Waals surface area (Å²) in [6.07, 6.45) is 1.18. The van der Waals surface area contributed by atoms with Gasteiger partial charge in [-0.15, -0.1) is 0 Å². The fraction of sp³-hybridized carbons (Fsp3) is 0.250. The average molecular weight is 282 g/mol. The monoisotopic (exact) mass is 281 g/mol. The zero-order chi connectivity index (χ0) is 11.4. The number of methoxy groups -OCH3 is 1. The van der Waals surface area contributed by atoms with Gasteiger partial charge in [-0.1, -0.05) is 0 Å². The Morgan fingerprint density at radius 2 is 2.27 bits per heavy atom. The van der Waals surface area contributed by atoms with E-state index in [0.29, 0.717) is 4.47 Å². The minimum atomic E-state index is -2.98. The van der Waals surface area contributed by atoms with E-state index in [1.165, 1.54) is 13.3 Å². The lowest BCUT2D eigenvalue weighted by Gasteiger charge is -2.06. The van der Waals surface area contributed by atoms with Gasteiger partial charge in [0.15, 0.2) is 0 Å². The molecule has 0 saturated carbocycles. The van der Waals surface area contributed by atoms with Gasteiger partial charge < -0.3 is 9.47 Å². The molecule has 7 heteroatoms. The number of esters is 1. The van der Waals surface area contributed by atoms with Gasteiger partial charge in [0.05, 0.1) is 17.1 Å². The molecule has 0 aromatic carbocycles. The number of hydrogen-bond acceptors (Lipinski definition) is 4. The first-order chi connectivity index (χ1) is 7.04. The molecule has 0 amide bonds. The lowest BCUT2D eigenvalue weighted by atomic mass is 10.3. The predicted molar refractivity (Wildman–Crippen MR) is 49.9 cm³/mol. The summed E-state index contributed by atoms with van der Waals surface area (Å²) in [5, 5.41) is 0. The molecular weight excluding hydrogens is 276 g/mol. The van der Waals surface area contributed by atoms with Crippen LogP contribution in [0.15, 0.2) is 16.7 Å². The van der Waals surface area contributed by atoms with Crippen LogP contribution in [0, 0.1) is 0 Å². The SMILES string of the molecule is COC(=O)c1cc(OC(F)F)ncc1Br. The molecular formula is C8H6BrF2NO3. The van der Waals surface area contributed by atoms with Crippen LogP contribution in [-0.4, -0.2) is 24.7 Å². The zero-order valence-corrected chi connectivity index (χ0v) is 9.12. The zero-order valence-electron chi connectivity index (χ0n) is 7.54. The second kappa shape index (κ2) is 5.01. The Hall–Kier alpha value is -1.24. The van der Waals surface area contributed by atoms with E-state index in [2.05, 4.69) is 30.4 Å². The van der Waals surface area contributed by atoms with Crippen molar-refractivity contribution in [2.24, 2.45) is 0 Å². The highest BCUT2D eigenvalue weighted by Gasteiger charge is 2.14. The highest BCUT2D eigenvalue weighted by atomic mass is 79.9. The van der Waals surface area contributed by atoms with Crippen molar-refractivity contribution in [1.29, 1.82) is 0 Å². The van der Waals surface area contributed by atoms with Gasteiger partial charge in [0.25, 0.3) is 0 Å². The fourth-order valence-corrected chi connectivity index (χ4v) is 1.22. The topological polar surface area (TPSA) is 48.4 Å². The first kappa shape index (κ1) is 11.8. The maximum absolute atomic E-state index is 11.8. The Morgan fingerprint density at radius 1 is 1.60 bits per heavy atom. The quantitative estimate of drug-likeness (QED) is 0.798. The van der Waals surface area contributed by atoms with Crippen LogP contribution in [0.1, 0.15) is 10.4 Å². The van der Waals surface area contributed by atoms with Crippen LogP contribution in [0.25, 0.3) is 0 Å². The molecule has 15 heavy (non-hydrogen) atoms. The van der Waals surface area contributed by atoms with Crippen molar-refractivity contribution in [2.45, 2.75) is 6.61 Å². The van der Waals surface area contributed by atoms with Crippen molar-refractivity contribution in [1.82, 2.24) is 4.98 Å². The van der Waals surface area contributed by atoms with Gasteiger partial charge >= 0.3 is 12.6 Å². The minimum absolute atomic E-state index is 0.0724. The van der Waals surface area contributed by atoms with E-state index in [9.17, 15) is 13.6 Å².